The van der Waals surface area contributed by atoms with Crippen LogP contribution in [0.1, 0.15) is 55.6 Å². The van der Waals surface area contributed by atoms with Crippen molar-refractivity contribution in [2.75, 3.05) is 19.7 Å². The fraction of sp³-hybridized carbons (Fsp3) is 0.464. The molecule has 1 heterocycles. The van der Waals surface area contributed by atoms with Crippen LogP contribution in [0.25, 0.3) is 11.1 Å². The van der Waals surface area contributed by atoms with Crippen LogP contribution in [0.4, 0.5) is 4.79 Å². The summed E-state index contributed by atoms with van der Waals surface area (Å²) < 4.78 is 5.65. The van der Waals surface area contributed by atoms with Crippen LogP contribution >= 0.6 is 0 Å². The molecule has 0 radical (unpaired) electrons. The Labute approximate surface area is 205 Å². The largest absolute Gasteiger partial charge is 0.480 e. The van der Waals surface area contributed by atoms with E-state index in [1.165, 1.54) is 11.1 Å². The topological polar surface area (TPSA) is 95.9 Å². The second-order valence-corrected chi connectivity index (χ2v) is 9.89. The Hall–Kier alpha value is -3.35. The summed E-state index contributed by atoms with van der Waals surface area (Å²) in [7, 11) is 0. The van der Waals surface area contributed by atoms with Crippen molar-refractivity contribution in [3.05, 3.63) is 59.7 Å². The predicted molar refractivity (Wildman–Crippen MR) is 131 cm³/mol. The number of nitrogens with zero attached hydrogens (tertiary/aromatic N) is 1. The highest BCUT2D eigenvalue weighted by molar-refractivity contribution is 5.86. The van der Waals surface area contributed by atoms with E-state index in [9.17, 15) is 19.5 Å². The van der Waals surface area contributed by atoms with E-state index in [0.717, 1.165) is 43.2 Å². The summed E-state index contributed by atoms with van der Waals surface area (Å²) >= 11 is 0. The smallest absolute Gasteiger partial charge is 0.407 e. The van der Waals surface area contributed by atoms with Crippen LogP contribution in [0.2, 0.25) is 0 Å². The monoisotopic (exact) mass is 476 g/mol. The minimum Gasteiger partial charge on any atom is -0.480 e. The number of hydrogen-bond donors (Lipinski definition) is 2. The number of rotatable bonds is 6. The highest BCUT2D eigenvalue weighted by Crippen LogP contribution is 2.44. The second-order valence-electron chi connectivity index (χ2n) is 9.89. The van der Waals surface area contributed by atoms with Gasteiger partial charge < -0.3 is 20.1 Å². The van der Waals surface area contributed by atoms with E-state index in [0.29, 0.717) is 19.5 Å². The summed E-state index contributed by atoms with van der Waals surface area (Å²) in [5.74, 6) is -1.27. The molecule has 1 saturated heterocycles. The van der Waals surface area contributed by atoms with Crippen molar-refractivity contribution in [1.82, 2.24) is 10.2 Å². The summed E-state index contributed by atoms with van der Waals surface area (Å²) in [5.41, 5.74) is 4.69. The van der Waals surface area contributed by atoms with Gasteiger partial charge in [0.2, 0.25) is 5.91 Å². The third kappa shape index (κ3) is 4.64. The highest BCUT2D eigenvalue weighted by atomic mass is 16.5. The number of ether oxygens (including phenoxy) is 1. The quantitative estimate of drug-likeness (QED) is 0.644. The molecular formula is C28H32N2O5. The van der Waals surface area contributed by atoms with Crippen LogP contribution in [0.3, 0.4) is 0 Å². The Morgan fingerprint density at radius 1 is 0.914 bits per heavy atom. The molecule has 3 aliphatic rings. The lowest BCUT2D eigenvalue weighted by Gasteiger charge is -2.34. The maximum atomic E-state index is 13.2. The number of likely N-dealkylation sites (tertiary alicyclic amines) is 1. The van der Waals surface area contributed by atoms with Gasteiger partial charge in [-0.3, -0.25) is 4.79 Å². The van der Waals surface area contributed by atoms with Crippen molar-refractivity contribution in [3.63, 3.8) is 0 Å². The van der Waals surface area contributed by atoms with Gasteiger partial charge in [-0.1, -0.05) is 61.4 Å². The lowest BCUT2D eigenvalue weighted by atomic mass is 9.78. The minimum atomic E-state index is -0.931. The molecule has 0 bridgehead atoms. The zero-order chi connectivity index (χ0) is 24.4. The molecule has 7 heteroatoms. The molecule has 1 aliphatic heterocycles. The molecule has 0 aromatic heterocycles. The van der Waals surface area contributed by atoms with Gasteiger partial charge in [0, 0.05) is 24.9 Å². The molecule has 1 saturated carbocycles. The van der Waals surface area contributed by atoms with Crippen molar-refractivity contribution in [1.29, 1.82) is 0 Å². The van der Waals surface area contributed by atoms with E-state index in [1.807, 2.05) is 24.3 Å². The van der Waals surface area contributed by atoms with Gasteiger partial charge in [0.25, 0.3) is 0 Å². The van der Waals surface area contributed by atoms with Gasteiger partial charge in [-0.05, 0) is 53.9 Å². The first kappa shape index (κ1) is 23.4. The maximum absolute atomic E-state index is 13.2. The number of carboxylic acids is 1. The number of amides is 2. The number of carboxylic acid groups (broad SMARTS) is 1. The number of alkyl carbamates (subject to hydrolysis) is 1. The third-order valence-corrected chi connectivity index (χ3v) is 7.90. The molecule has 2 aromatic carbocycles. The van der Waals surface area contributed by atoms with E-state index in [1.54, 1.807) is 4.90 Å². The third-order valence-electron chi connectivity index (χ3n) is 7.90. The number of carbonyl (C=O) groups is 3. The average molecular weight is 477 g/mol. The molecule has 2 fully saturated rings. The summed E-state index contributed by atoms with van der Waals surface area (Å²) in [4.78, 5) is 39.0. The molecule has 3 atom stereocenters. The van der Waals surface area contributed by atoms with Gasteiger partial charge in [-0.2, -0.15) is 0 Å². The number of fused-ring (bicyclic) bond motifs is 3. The van der Waals surface area contributed by atoms with Gasteiger partial charge in [-0.15, -0.1) is 0 Å². The zero-order valence-electron chi connectivity index (χ0n) is 19.8. The number of benzene rings is 2. The maximum Gasteiger partial charge on any atom is 0.407 e. The molecule has 7 nitrogen and oxygen atoms in total. The van der Waals surface area contributed by atoms with Gasteiger partial charge in [-0.25, -0.2) is 9.59 Å². The lowest BCUT2D eigenvalue weighted by molar-refractivity contribution is -0.151. The highest BCUT2D eigenvalue weighted by Gasteiger charge is 2.40. The van der Waals surface area contributed by atoms with Crippen LogP contribution in [-0.4, -0.2) is 53.7 Å². The first-order chi connectivity index (χ1) is 17.0. The normalized spacial score (nSPS) is 23.4. The van der Waals surface area contributed by atoms with Crippen LogP contribution < -0.4 is 5.32 Å². The molecule has 2 amide bonds. The number of hydrogen-bond acceptors (Lipinski definition) is 4. The van der Waals surface area contributed by atoms with Crippen LogP contribution in [0, 0.1) is 11.8 Å². The minimum absolute atomic E-state index is 0.000255. The van der Waals surface area contributed by atoms with Crippen molar-refractivity contribution in [2.45, 2.75) is 50.5 Å². The molecule has 2 aliphatic carbocycles. The van der Waals surface area contributed by atoms with Crippen LogP contribution in [-0.2, 0) is 14.3 Å². The Balaban J connectivity index is 1.19. The molecule has 184 valence electrons. The van der Waals surface area contributed by atoms with Crippen molar-refractivity contribution < 1.29 is 24.2 Å². The summed E-state index contributed by atoms with van der Waals surface area (Å²) in [6.45, 7) is 1.11. The Bertz CT molecular complexity index is 1070. The number of aliphatic carboxylic acids is 1. The number of nitrogens with one attached hydrogen (secondary N) is 1. The predicted octanol–water partition coefficient (Wildman–Crippen LogP) is 4.41. The van der Waals surface area contributed by atoms with E-state index in [-0.39, 0.29) is 30.3 Å². The first-order valence-corrected chi connectivity index (χ1v) is 12.7. The molecule has 35 heavy (non-hydrogen) atoms. The van der Waals surface area contributed by atoms with E-state index >= 15 is 0 Å². The van der Waals surface area contributed by atoms with E-state index in [4.69, 9.17) is 4.74 Å². The van der Waals surface area contributed by atoms with Crippen molar-refractivity contribution >= 4 is 18.0 Å². The second kappa shape index (κ2) is 10.1. The van der Waals surface area contributed by atoms with Gasteiger partial charge >= 0.3 is 12.1 Å². The Morgan fingerprint density at radius 2 is 1.57 bits per heavy atom. The van der Waals surface area contributed by atoms with Crippen LogP contribution in [0.5, 0.6) is 0 Å². The molecule has 5 rings (SSSR count). The zero-order valence-corrected chi connectivity index (χ0v) is 19.8. The molecule has 0 spiro atoms. The summed E-state index contributed by atoms with van der Waals surface area (Å²) in [5, 5.41) is 12.4. The average Bonchev–Trinajstić information content (AvgIpc) is 3.50. The van der Waals surface area contributed by atoms with Crippen molar-refractivity contribution in [3.8, 4) is 11.1 Å². The molecule has 2 N–H and O–H groups in total. The van der Waals surface area contributed by atoms with Gasteiger partial charge in [0.1, 0.15) is 12.6 Å². The summed E-state index contributed by atoms with van der Waals surface area (Å²) in [6.07, 6.45) is 4.28. The molecular weight excluding hydrogens is 444 g/mol. The lowest BCUT2D eigenvalue weighted by Crippen LogP contribution is -2.47. The molecule has 2 aromatic rings. The summed E-state index contributed by atoms with van der Waals surface area (Å²) in [6, 6.07) is 15.7. The molecule has 1 unspecified atom stereocenters. The van der Waals surface area contributed by atoms with Crippen molar-refractivity contribution in [2.24, 2.45) is 11.8 Å². The van der Waals surface area contributed by atoms with E-state index < -0.39 is 18.1 Å². The van der Waals surface area contributed by atoms with Gasteiger partial charge in [0.05, 0.1) is 0 Å². The Morgan fingerprint density at radius 3 is 2.26 bits per heavy atom. The standard InChI is InChI=1S/C28H32N2O5/c31-26(30-15-7-14-25(30)27(32)33)19-9-2-1-8-18(19)16-29-28(34)35-17-24-22-12-5-3-10-20(22)21-11-4-6-13-23(21)24/h3-6,10-13,18-19,24-25H,1-2,7-9,14-17H2,(H,29,34)(H,32,33)/t18-,19-,25?/m1/s1. The fourth-order valence-electron chi connectivity index (χ4n) is 6.14. The van der Waals surface area contributed by atoms with Crippen LogP contribution in [0.15, 0.2) is 48.5 Å². The SMILES string of the molecule is O=C(NC[C@H]1CCCC[C@H]1C(=O)N1CCCC1C(=O)O)OCC1c2ccccc2-c2ccccc21. The Kier molecular flexibility index (Phi) is 6.75. The fourth-order valence-corrected chi connectivity index (χ4v) is 6.14. The van der Waals surface area contributed by atoms with Gasteiger partial charge in [0.15, 0.2) is 0 Å². The van der Waals surface area contributed by atoms with E-state index in [2.05, 4.69) is 29.6 Å². The number of carbonyl (C=O) groups excluding carboxylic acids is 2. The first-order valence-electron chi connectivity index (χ1n) is 12.7.